The molecule has 1 N–H and O–H groups in total. The number of hydrogen-bond donors (Lipinski definition) is 1. The van der Waals surface area contributed by atoms with Gasteiger partial charge in [-0.25, -0.2) is 0 Å². The SMILES string of the molecule is OC1c2ccccc2CC1CC1CCN(C=C2CC2)C1. The fraction of sp³-hybridized carbons (Fsp3) is 0.556. The van der Waals surface area contributed by atoms with Crippen molar-refractivity contribution in [2.45, 2.75) is 38.2 Å². The van der Waals surface area contributed by atoms with E-state index >= 15 is 0 Å². The van der Waals surface area contributed by atoms with Crippen LogP contribution in [0.2, 0.25) is 0 Å². The van der Waals surface area contributed by atoms with E-state index in [-0.39, 0.29) is 6.10 Å². The molecule has 4 rings (SSSR count). The smallest absolute Gasteiger partial charge is 0.0824 e. The van der Waals surface area contributed by atoms with Crippen LogP contribution in [0.1, 0.15) is 42.9 Å². The van der Waals surface area contributed by atoms with Gasteiger partial charge in [0.25, 0.3) is 0 Å². The van der Waals surface area contributed by atoms with Crippen LogP contribution in [0.5, 0.6) is 0 Å². The lowest BCUT2D eigenvalue weighted by Crippen LogP contribution is -2.17. The predicted molar refractivity (Wildman–Crippen MR) is 80.2 cm³/mol. The van der Waals surface area contributed by atoms with Gasteiger partial charge in [0, 0.05) is 13.1 Å². The van der Waals surface area contributed by atoms with Crippen LogP contribution < -0.4 is 0 Å². The first kappa shape index (κ1) is 12.5. The lowest BCUT2D eigenvalue weighted by Gasteiger charge is -2.19. The average molecular weight is 269 g/mol. The molecule has 1 aromatic carbocycles. The Morgan fingerprint density at radius 2 is 2.10 bits per heavy atom. The van der Waals surface area contributed by atoms with E-state index < -0.39 is 0 Å². The highest BCUT2D eigenvalue weighted by Crippen LogP contribution is 2.41. The molecule has 2 nitrogen and oxygen atoms in total. The molecule has 0 amide bonds. The molecule has 2 fully saturated rings. The molecule has 1 aromatic rings. The van der Waals surface area contributed by atoms with Crippen molar-refractivity contribution in [3.8, 4) is 0 Å². The first-order chi connectivity index (χ1) is 9.79. The van der Waals surface area contributed by atoms with E-state index in [1.54, 1.807) is 5.57 Å². The number of aliphatic hydroxyl groups is 1. The fourth-order valence-electron chi connectivity index (χ4n) is 3.93. The van der Waals surface area contributed by atoms with E-state index in [0.717, 1.165) is 12.3 Å². The van der Waals surface area contributed by atoms with E-state index in [1.165, 1.54) is 49.9 Å². The van der Waals surface area contributed by atoms with Gasteiger partial charge >= 0.3 is 0 Å². The van der Waals surface area contributed by atoms with Gasteiger partial charge in [-0.3, -0.25) is 0 Å². The Hall–Kier alpha value is -1.28. The van der Waals surface area contributed by atoms with Crippen LogP contribution in [-0.2, 0) is 6.42 Å². The molecule has 20 heavy (non-hydrogen) atoms. The Kier molecular flexibility index (Phi) is 3.07. The van der Waals surface area contributed by atoms with Crippen molar-refractivity contribution in [1.29, 1.82) is 0 Å². The molecule has 3 unspecified atom stereocenters. The topological polar surface area (TPSA) is 23.5 Å². The number of nitrogens with zero attached hydrogens (tertiary/aromatic N) is 1. The Morgan fingerprint density at radius 3 is 2.90 bits per heavy atom. The number of fused-ring (bicyclic) bond motifs is 1. The molecule has 106 valence electrons. The zero-order valence-electron chi connectivity index (χ0n) is 12.0. The minimum Gasteiger partial charge on any atom is -0.388 e. The van der Waals surface area contributed by atoms with E-state index in [2.05, 4.69) is 29.3 Å². The summed E-state index contributed by atoms with van der Waals surface area (Å²) >= 11 is 0. The Balaban J connectivity index is 1.38. The van der Waals surface area contributed by atoms with Crippen LogP contribution >= 0.6 is 0 Å². The number of benzene rings is 1. The average Bonchev–Trinajstić information content (AvgIpc) is 3.07. The summed E-state index contributed by atoms with van der Waals surface area (Å²) in [6.45, 7) is 2.41. The van der Waals surface area contributed by atoms with Crippen molar-refractivity contribution in [3.05, 3.63) is 47.2 Å². The summed E-state index contributed by atoms with van der Waals surface area (Å²) in [6.07, 6.45) is 8.32. The van der Waals surface area contributed by atoms with E-state index in [4.69, 9.17) is 0 Å². The molecule has 0 spiro atoms. The second-order valence-corrected chi connectivity index (χ2v) is 6.78. The first-order valence-corrected chi connectivity index (χ1v) is 7.99. The molecule has 3 atom stereocenters. The number of hydrogen-bond acceptors (Lipinski definition) is 2. The van der Waals surface area contributed by atoms with Gasteiger partial charge in [0.15, 0.2) is 0 Å². The molecule has 0 radical (unpaired) electrons. The maximum absolute atomic E-state index is 10.5. The van der Waals surface area contributed by atoms with Crippen molar-refractivity contribution in [3.63, 3.8) is 0 Å². The molecular weight excluding hydrogens is 246 g/mol. The minimum atomic E-state index is -0.234. The van der Waals surface area contributed by atoms with E-state index in [9.17, 15) is 5.11 Å². The van der Waals surface area contributed by atoms with Gasteiger partial charge in [0.2, 0.25) is 0 Å². The van der Waals surface area contributed by atoms with Crippen LogP contribution in [0.15, 0.2) is 36.0 Å². The van der Waals surface area contributed by atoms with Crippen LogP contribution in [0, 0.1) is 11.8 Å². The number of rotatable bonds is 3. The van der Waals surface area contributed by atoms with Crippen LogP contribution in [-0.4, -0.2) is 23.1 Å². The largest absolute Gasteiger partial charge is 0.388 e. The zero-order valence-corrected chi connectivity index (χ0v) is 12.0. The number of aliphatic hydroxyl groups excluding tert-OH is 1. The van der Waals surface area contributed by atoms with Crippen molar-refractivity contribution in [2.24, 2.45) is 11.8 Å². The summed E-state index contributed by atoms with van der Waals surface area (Å²) in [5.74, 6) is 1.20. The summed E-state index contributed by atoms with van der Waals surface area (Å²) in [7, 11) is 0. The third kappa shape index (κ3) is 2.37. The fourth-order valence-corrected chi connectivity index (χ4v) is 3.93. The van der Waals surface area contributed by atoms with Crippen LogP contribution in [0.4, 0.5) is 0 Å². The summed E-state index contributed by atoms with van der Waals surface area (Å²) in [6, 6.07) is 8.41. The summed E-state index contributed by atoms with van der Waals surface area (Å²) in [4.78, 5) is 2.50. The predicted octanol–water partition coefficient (Wildman–Crippen LogP) is 3.28. The van der Waals surface area contributed by atoms with E-state index in [1.807, 2.05) is 6.07 Å². The second kappa shape index (κ2) is 4.92. The van der Waals surface area contributed by atoms with Gasteiger partial charge < -0.3 is 10.0 Å². The first-order valence-electron chi connectivity index (χ1n) is 7.99. The monoisotopic (exact) mass is 269 g/mol. The normalized spacial score (nSPS) is 31.6. The van der Waals surface area contributed by atoms with Crippen LogP contribution in [0.25, 0.3) is 0 Å². The highest BCUT2D eigenvalue weighted by atomic mass is 16.3. The van der Waals surface area contributed by atoms with Gasteiger partial charge in [0.05, 0.1) is 6.10 Å². The van der Waals surface area contributed by atoms with E-state index in [0.29, 0.717) is 5.92 Å². The third-order valence-corrected chi connectivity index (χ3v) is 5.16. The van der Waals surface area contributed by atoms with Crippen LogP contribution in [0.3, 0.4) is 0 Å². The van der Waals surface area contributed by atoms with Gasteiger partial charge in [-0.2, -0.15) is 0 Å². The standard InChI is InChI=1S/C18H23NO/c20-18-16(10-15-3-1-2-4-17(15)18)9-14-7-8-19(12-14)11-13-5-6-13/h1-4,11,14,16,18,20H,5-10,12H2. The molecule has 2 heteroatoms. The zero-order chi connectivity index (χ0) is 13.5. The Morgan fingerprint density at radius 1 is 1.25 bits per heavy atom. The summed E-state index contributed by atoms with van der Waals surface area (Å²) in [5.41, 5.74) is 4.16. The third-order valence-electron chi connectivity index (χ3n) is 5.16. The molecule has 1 aliphatic heterocycles. The van der Waals surface area contributed by atoms with Gasteiger partial charge in [-0.1, -0.05) is 29.8 Å². The molecule has 1 saturated carbocycles. The Labute approximate surface area is 121 Å². The van der Waals surface area contributed by atoms with Crippen molar-refractivity contribution < 1.29 is 5.11 Å². The van der Waals surface area contributed by atoms with Crippen molar-refractivity contribution in [1.82, 2.24) is 4.90 Å². The molecule has 1 saturated heterocycles. The Bertz CT molecular complexity index is 530. The molecular formula is C18H23NO. The second-order valence-electron chi connectivity index (χ2n) is 6.78. The summed E-state index contributed by atoms with van der Waals surface area (Å²) in [5, 5.41) is 10.5. The summed E-state index contributed by atoms with van der Waals surface area (Å²) < 4.78 is 0. The minimum absolute atomic E-state index is 0.234. The molecule has 0 aromatic heterocycles. The quantitative estimate of drug-likeness (QED) is 0.910. The molecule has 0 bridgehead atoms. The maximum Gasteiger partial charge on any atom is 0.0824 e. The molecule has 1 heterocycles. The van der Waals surface area contributed by atoms with Gasteiger partial charge in [-0.05, 0) is 61.3 Å². The highest BCUT2D eigenvalue weighted by Gasteiger charge is 2.34. The van der Waals surface area contributed by atoms with Crippen molar-refractivity contribution in [2.75, 3.05) is 13.1 Å². The lowest BCUT2D eigenvalue weighted by molar-refractivity contribution is 0.108. The van der Waals surface area contributed by atoms with Crippen molar-refractivity contribution >= 4 is 0 Å². The lowest BCUT2D eigenvalue weighted by atomic mass is 9.90. The number of likely N-dealkylation sites (tertiary alicyclic amines) is 1. The molecule has 2 aliphatic carbocycles. The maximum atomic E-state index is 10.5. The number of allylic oxidation sites excluding steroid dienone is 1. The highest BCUT2D eigenvalue weighted by molar-refractivity contribution is 5.34. The molecule has 3 aliphatic rings. The van der Waals surface area contributed by atoms with Gasteiger partial charge in [0.1, 0.15) is 0 Å². The van der Waals surface area contributed by atoms with Gasteiger partial charge in [-0.15, -0.1) is 0 Å².